The second kappa shape index (κ2) is 5.90. The monoisotopic (exact) mass is 220 g/mol. The van der Waals surface area contributed by atoms with Crippen LogP contribution in [0.5, 0.6) is 0 Å². The van der Waals surface area contributed by atoms with Gasteiger partial charge in [0.1, 0.15) is 0 Å². The first kappa shape index (κ1) is 13.0. The van der Waals surface area contributed by atoms with Crippen molar-refractivity contribution in [3.63, 3.8) is 0 Å². The molecule has 1 rings (SSSR count). The molecule has 0 bridgehead atoms. The summed E-state index contributed by atoms with van der Waals surface area (Å²) in [5.41, 5.74) is 8.48. The maximum absolute atomic E-state index is 5.99. The second-order valence-electron chi connectivity index (χ2n) is 4.74. The Hall–Kier alpha value is -1.02. The van der Waals surface area contributed by atoms with Crippen molar-refractivity contribution >= 4 is 5.69 Å². The fourth-order valence-electron chi connectivity index (χ4n) is 1.92. The van der Waals surface area contributed by atoms with E-state index in [0.717, 1.165) is 6.54 Å². The molecule has 90 valence electrons. The molecule has 2 nitrogen and oxygen atoms in total. The van der Waals surface area contributed by atoms with Gasteiger partial charge in [0.25, 0.3) is 0 Å². The van der Waals surface area contributed by atoms with Crippen LogP contribution in [0, 0.1) is 5.92 Å². The molecule has 16 heavy (non-hydrogen) atoms. The van der Waals surface area contributed by atoms with Crippen molar-refractivity contribution in [2.24, 2.45) is 11.7 Å². The van der Waals surface area contributed by atoms with Gasteiger partial charge in [0.15, 0.2) is 0 Å². The predicted octanol–water partition coefficient (Wildman–Crippen LogP) is 3.19. The van der Waals surface area contributed by atoms with Crippen LogP contribution in [-0.4, -0.2) is 13.6 Å². The van der Waals surface area contributed by atoms with E-state index < -0.39 is 0 Å². The van der Waals surface area contributed by atoms with Crippen LogP contribution >= 0.6 is 0 Å². The molecule has 1 aromatic carbocycles. The summed E-state index contributed by atoms with van der Waals surface area (Å²) < 4.78 is 0. The largest absolute Gasteiger partial charge is 0.374 e. The SMILES string of the molecule is CCC(C)CN(C)c1ccccc1C(C)N. The zero-order valence-corrected chi connectivity index (χ0v) is 10.9. The number of rotatable bonds is 5. The lowest BCUT2D eigenvalue weighted by Gasteiger charge is -2.26. The molecular weight excluding hydrogens is 196 g/mol. The van der Waals surface area contributed by atoms with Gasteiger partial charge in [0, 0.05) is 25.3 Å². The lowest BCUT2D eigenvalue weighted by atomic mass is 10.0. The molecule has 2 heteroatoms. The van der Waals surface area contributed by atoms with Crippen LogP contribution in [0.15, 0.2) is 24.3 Å². The quantitative estimate of drug-likeness (QED) is 0.825. The fourth-order valence-corrected chi connectivity index (χ4v) is 1.92. The summed E-state index contributed by atoms with van der Waals surface area (Å²) >= 11 is 0. The summed E-state index contributed by atoms with van der Waals surface area (Å²) in [6, 6.07) is 8.50. The molecule has 2 N–H and O–H groups in total. The Morgan fingerprint density at radius 1 is 1.25 bits per heavy atom. The Bertz CT molecular complexity index is 320. The third kappa shape index (κ3) is 3.24. The van der Waals surface area contributed by atoms with Gasteiger partial charge in [0.2, 0.25) is 0 Å². The minimum absolute atomic E-state index is 0.0931. The van der Waals surface area contributed by atoms with Crippen molar-refractivity contribution in [1.29, 1.82) is 0 Å². The first-order valence-corrected chi connectivity index (χ1v) is 6.11. The van der Waals surface area contributed by atoms with Gasteiger partial charge in [-0.25, -0.2) is 0 Å². The molecule has 0 saturated heterocycles. The van der Waals surface area contributed by atoms with Gasteiger partial charge < -0.3 is 10.6 Å². The van der Waals surface area contributed by atoms with E-state index in [1.165, 1.54) is 17.7 Å². The van der Waals surface area contributed by atoms with Gasteiger partial charge in [0.05, 0.1) is 0 Å². The molecule has 0 amide bonds. The number of benzene rings is 1. The Morgan fingerprint density at radius 2 is 1.88 bits per heavy atom. The fraction of sp³-hybridized carbons (Fsp3) is 0.571. The van der Waals surface area contributed by atoms with Gasteiger partial charge in [-0.1, -0.05) is 38.5 Å². The Balaban J connectivity index is 2.85. The van der Waals surface area contributed by atoms with E-state index in [0.29, 0.717) is 5.92 Å². The summed E-state index contributed by atoms with van der Waals surface area (Å²) in [6.45, 7) is 7.64. The first-order chi connectivity index (χ1) is 7.56. The molecular formula is C14H24N2. The third-order valence-electron chi connectivity index (χ3n) is 3.12. The number of nitrogens with two attached hydrogens (primary N) is 1. The van der Waals surface area contributed by atoms with Crippen LogP contribution < -0.4 is 10.6 Å². The van der Waals surface area contributed by atoms with Gasteiger partial charge in [-0.3, -0.25) is 0 Å². The number of anilines is 1. The third-order valence-corrected chi connectivity index (χ3v) is 3.12. The second-order valence-corrected chi connectivity index (χ2v) is 4.74. The maximum Gasteiger partial charge on any atom is 0.0412 e. The highest BCUT2D eigenvalue weighted by molar-refractivity contribution is 5.54. The van der Waals surface area contributed by atoms with Crippen molar-refractivity contribution in [1.82, 2.24) is 0 Å². The van der Waals surface area contributed by atoms with Gasteiger partial charge in [-0.15, -0.1) is 0 Å². The average molecular weight is 220 g/mol. The molecule has 0 aliphatic rings. The van der Waals surface area contributed by atoms with E-state index in [1.807, 2.05) is 6.92 Å². The smallest absolute Gasteiger partial charge is 0.0412 e. The van der Waals surface area contributed by atoms with Crippen LogP contribution in [0.2, 0.25) is 0 Å². The zero-order chi connectivity index (χ0) is 12.1. The van der Waals surface area contributed by atoms with Crippen molar-refractivity contribution in [3.8, 4) is 0 Å². The summed E-state index contributed by atoms with van der Waals surface area (Å²) in [5, 5.41) is 0. The van der Waals surface area contributed by atoms with Crippen LogP contribution in [0.25, 0.3) is 0 Å². The van der Waals surface area contributed by atoms with E-state index in [4.69, 9.17) is 5.73 Å². The molecule has 1 aromatic rings. The molecule has 0 spiro atoms. The van der Waals surface area contributed by atoms with Crippen LogP contribution in [0.1, 0.15) is 38.8 Å². The number of nitrogens with zero attached hydrogens (tertiary/aromatic N) is 1. The molecule has 0 radical (unpaired) electrons. The number of hydrogen-bond acceptors (Lipinski definition) is 2. The van der Waals surface area contributed by atoms with Crippen molar-refractivity contribution < 1.29 is 0 Å². The lowest BCUT2D eigenvalue weighted by Crippen LogP contribution is -2.25. The van der Waals surface area contributed by atoms with Gasteiger partial charge in [-0.05, 0) is 24.5 Å². The summed E-state index contributed by atoms with van der Waals surface area (Å²) in [6.07, 6.45) is 1.21. The van der Waals surface area contributed by atoms with Gasteiger partial charge in [-0.2, -0.15) is 0 Å². The molecule has 0 aliphatic heterocycles. The summed E-state index contributed by atoms with van der Waals surface area (Å²) in [7, 11) is 2.15. The standard InChI is InChI=1S/C14H24N2/c1-5-11(2)10-16(4)14-9-7-6-8-13(14)12(3)15/h6-9,11-12H,5,10,15H2,1-4H3. The Labute approximate surface area is 99.5 Å². The number of para-hydroxylation sites is 1. The van der Waals surface area contributed by atoms with Gasteiger partial charge >= 0.3 is 0 Å². The lowest BCUT2D eigenvalue weighted by molar-refractivity contribution is 0.558. The molecule has 2 atom stereocenters. The van der Waals surface area contributed by atoms with E-state index in [-0.39, 0.29) is 6.04 Å². The molecule has 2 unspecified atom stereocenters. The van der Waals surface area contributed by atoms with Crippen LogP contribution in [-0.2, 0) is 0 Å². The van der Waals surface area contributed by atoms with Crippen LogP contribution in [0.4, 0.5) is 5.69 Å². The van der Waals surface area contributed by atoms with Crippen molar-refractivity contribution in [2.45, 2.75) is 33.2 Å². The van der Waals surface area contributed by atoms with E-state index in [2.05, 4.69) is 50.1 Å². The number of hydrogen-bond donors (Lipinski definition) is 1. The molecule has 0 aromatic heterocycles. The maximum atomic E-state index is 5.99. The van der Waals surface area contributed by atoms with Crippen LogP contribution in [0.3, 0.4) is 0 Å². The normalized spacial score (nSPS) is 14.6. The van der Waals surface area contributed by atoms with E-state index >= 15 is 0 Å². The highest BCUT2D eigenvalue weighted by atomic mass is 15.1. The highest BCUT2D eigenvalue weighted by Gasteiger charge is 2.11. The van der Waals surface area contributed by atoms with E-state index in [1.54, 1.807) is 0 Å². The molecule has 0 saturated carbocycles. The van der Waals surface area contributed by atoms with Crippen molar-refractivity contribution in [2.75, 3.05) is 18.5 Å². The highest BCUT2D eigenvalue weighted by Crippen LogP contribution is 2.24. The minimum atomic E-state index is 0.0931. The van der Waals surface area contributed by atoms with Crippen molar-refractivity contribution in [3.05, 3.63) is 29.8 Å². The Morgan fingerprint density at radius 3 is 2.44 bits per heavy atom. The molecule has 0 fully saturated rings. The Kier molecular flexibility index (Phi) is 4.81. The zero-order valence-electron chi connectivity index (χ0n) is 10.9. The average Bonchev–Trinajstić information content (AvgIpc) is 2.28. The molecule has 0 heterocycles. The predicted molar refractivity (Wildman–Crippen MR) is 71.8 cm³/mol. The summed E-state index contributed by atoms with van der Waals surface area (Å²) in [5.74, 6) is 0.714. The molecule has 0 aliphatic carbocycles. The van der Waals surface area contributed by atoms with E-state index in [9.17, 15) is 0 Å². The minimum Gasteiger partial charge on any atom is -0.374 e. The summed E-state index contributed by atoms with van der Waals surface area (Å²) in [4.78, 5) is 2.31. The first-order valence-electron chi connectivity index (χ1n) is 6.11. The topological polar surface area (TPSA) is 29.3 Å².